The average molecular weight is 423 g/mol. The average Bonchev–Trinajstić information content (AvgIpc) is 2.59. The zero-order chi connectivity index (χ0) is 17.3. The first-order valence-corrected chi connectivity index (χ1v) is 9.69. The smallest absolute Gasteiger partial charge is 0.246 e. The van der Waals surface area contributed by atoms with Crippen LogP contribution in [0, 0.1) is 6.92 Å². The van der Waals surface area contributed by atoms with Gasteiger partial charge in [0.2, 0.25) is 10.0 Å². The monoisotopic (exact) mass is 421 g/mol. The molecule has 2 heterocycles. The highest BCUT2D eigenvalue weighted by atomic mass is 35.5. The van der Waals surface area contributed by atoms with Gasteiger partial charge < -0.3 is 5.32 Å². The van der Waals surface area contributed by atoms with Gasteiger partial charge in [0.15, 0.2) is 0 Å². The van der Waals surface area contributed by atoms with E-state index in [9.17, 15) is 8.42 Å². The molecule has 0 amide bonds. The Hall–Kier alpha value is -0.890. The molecule has 1 aromatic carbocycles. The van der Waals surface area contributed by atoms with Crippen molar-refractivity contribution in [3.8, 4) is 0 Å². The fourth-order valence-electron chi connectivity index (χ4n) is 2.82. The Bertz CT molecular complexity index is 847. The van der Waals surface area contributed by atoms with Crippen LogP contribution >= 0.6 is 35.6 Å². The normalized spacial score (nSPS) is 18.6. The lowest BCUT2D eigenvalue weighted by Gasteiger charge is -2.35. The van der Waals surface area contributed by atoms with Crippen molar-refractivity contribution in [1.82, 2.24) is 14.6 Å². The quantitative estimate of drug-likeness (QED) is 0.823. The van der Waals surface area contributed by atoms with Crippen molar-refractivity contribution in [2.45, 2.75) is 17.9 Å². The number of aryl methyl sites for hydroxylation is 1. The minimum Gasteiger partial charge on any atom is -0.313 e. The maximum Gasteiger partial charge on any atom is 0.246 e. The molecule has 1 saturated heterocycles. The van der Waals surface area contributed by atoms with Crippen LogP contribution in [0.1, 0.15) is 17.2 Å². The van der Waals surface area contributed by atoms with Crippen LogP contribution in [0.3, 0.4) is 0 Å². The summed E-state index contributed by atoms with van der Waals surface area (Å²) in [6.45, 7) is 3.17. The van der Waals surface area contributed by atoms with Crippen molar-refractivity contribution in [3.05, 3.63) is 57.8 Å². The fourth-order valence-corrected chi connectivity index (χ4v) is 5.57. The summed E-state index contributed by atoms with van der Waals surface area (Å²) in [5, 5.41) is 3.53. The van der Waals surface area contributed by atoms with Crippen molar-refractivity contribution in [3.63, 3.8) is 0 Å². The molecule has 5 nitrogen and oxygen atoms in total. The van der Waals surface area contributed by atoms with E-state index < -0.39 is 10.0 Å². The summed E-state index contributed by atoms with van der Waals surface area (Å²) in [4.78, 5) is 4.07. The van der Waals surface area contributed by atoms with Crippen LogP contribution in [0.25, 0.3) is 0 Å². The van der Waals surface area contributed by atoms with Crippen LogP contribution in [0.5, 0.6) is 0 Å². The van der Waals surface area contributed by atoms with Crippen LogP contribution in [0.4, 0.5) is 0 Å². The molecule has 0 bridgehead atoms. The molecule has 1 aliphatic rings. The summed E-state index contributed by atoms with van der Waals surface area (Å²) >= 11 is 12.5. The number of hydrogen-bond donors (Lipinski definition) is 1. The number of nitrogens with zero attached hydrogens (tertiary/aromatic N) is 2. The van der Waals surface area contributed by atoms with E-state index in [0.717, 1.165) is 5.56 Å². The topological polar surface area (TPSA) is 62.3 Å². The number of halogens is 3. The third kappa shape index (κ3) is 3.94. The number of piperazine rings is 1. The lowest BCUT2D eigenvalue weighted by molar-refractivity contribution is 0.271. The van der Waals surface area contributed by atoms with Gasteiger partial charge in [-0.3, -0.25) is 4.98 Å². The van der Waals surface area contributed by atoms with Crippen molar-refractivity contribution in [2.24, 2.45) is 0 Å². The van der Waals surface area contributed by atoms with Crippen LogP contribution in [-0.4, -0.2) is 37.3 Å². The van der Waals surface area contributed by atoms with Gasteiger partial charge in [0, 0.05) is 32.0 Å². The highest BCUT2D eigenvalue weighted by Gasteiger charge is 2.37. The van der Waals surface area contributed by atoms with E-state index in [2.05, 4.69) is 10.3 Å². The van der Waals surface area contributed by atoms with E-state index >= 15 is 0 Å². The van der Waals surface area contributed by atoms with Gasteiger partial charge in [-0.15, -0.1) is 12.4 Å². The largest absolute Gasteiger partial charge is 0.313 e. The summed E-state index contributed by atoms with van der Waals surface area (Å²) < 4.78 is 28.0. The molecule has 2 aromatic rings. The number of nitrogens with one attached hydrogen (secondary N) is 1. The van der Waals surface area contributed by atoms with Crippen LogP contribution in [0.2, 0.25) is 10.0 Å². The Labute approximate surface area is 163 Å². The maximum absolute atomic E-state index is 13.3. The first kappa shape index (κ1) is 20.4. The van der Waals surface area contributed by atoms with Crippen LogP contribution < -0.4 is 5.32 Å². The molecule has 25 heavy (non-hydrogen) atoms. The van der Waals surface area contributed by atoms with E-state index in [1.807, 2.05) is 6.07 Å². The second-order valence-electron chi connectivity index (χ2n) is 5.63. The van der Waals surface area contributed by atoms with E-state index in [-0.39, 0.29) is 33.4 Å². The Morgan fingerprint density at radius 3 is 2.72 bits per heavy atom. The molecule has 1 unspecified atom stereocenters. The molecule has 0 spiro atoms. The minimum absolute atomic E-state index is 0. The number of aromatic nitrogens is 1. The molecule has 3 rings (SSSR count). The third-order valence-electron chi connectivity index (χ3n) is 4.07. The zero-order valence-electron chi connectivity index (χ0n) is 13.4. The second kappa shape index (κ2) is 8.20. The molecule has 1 aromatic heterocycles. The summed E-state index contributed by atoms with van der Waals surface area (Å²) in [5.74, 6) is 0. The fraction of sp³-hybridized carbons (Fsp3) is 0.312. The highest BCUT2D eigenvalue weighted by Crippen LogP contribution is 2.37. The molecule has 136 valence electrons. The predicted octanol–water partition coefficient (Wildman–Crippen LogP) is 3.45. The molecule has 0 radical (unpaired) electrons. The number of pyridine rings is 1. The summed E-state index contributed by atoms with van der Waals surface area (Å²) in [6, 6.07) is 6.58. The van der Waals surface area contributed by atoms with Gasteiger partial charge in [0.25, 0.3) is 0 Å². The molecule has 1 atom stereocenters. The van der Waals surface area contributed by atoms with Gasteiger partial charge in [-0.05, 0) is 30.2 Å². The molecular formula is C16H18Cl3N3O2S. The van der Waals surface area contributed by atoms with E-state index in [1.165, 1.54) is 4.31 Å². The van der Waals surface area contributed by atoms with Gasteiger partial charge in [-0.25, -0.2) is 8.42 Å². The summed E-state index contributed by atoms with van der Waals surface area (Å²) in [5.41, 5.74) is 1.50. The Kier molecular flexibility index (Phi) is 6.70. The summed E-state index contributed by atoms with van der Waals surface area (Å²) in [7, 11) is -3.84. The molecule has 0 saturated carbocycles. The molecular weight excluding hydrogens is 405 g/mol. The van der Waals surface area contributed by atoms with E-state index in [1.54, 1.807) is 37.5 Å². The lowest BCUT2D eigenvalue weighted by Crippen LogP contribution is -2.48. The van der Waals surface area contributed by atoms with Gasteiger partial charge in [0.05, 0.1) is 16.1 Å². The molecule has 1 fully saturated rings. The first-order chi connectivity index (χ1) is 11.4. The molecule has 9 heteroatoms. The van der Waals surface area contributed by atoms with Gasteiger partial charge in [-0.1, -0.05) is 35.3 Å². The van der Waals surface area contributed by atoms with Crippen molar-refractivity contribution in [1.29, 1.82) is 0 Å². The Morgan fingerprint density at radius 1 is 1.28 bits per heavy atom. The van der Waals surface area contributed by atoms with Crippen molar-refractivity contribution >= 4 is 45.6 Å². The number of rotatable bonds is 3. The number of sulfonamides is 1. The summed E-state index contributed by atoms with van der Waals surface area (Å²) in [6.07, 6.45) is 3.34. The van der Waals surface area contributed by atoms with Crippen LogP contribution in [0.15, 0.2) is 41.6 Å². The maximum atomic E-state index is 13.3. The third-order valence-corrected chi connectivity index (χ3v) is 7.09. The Balaban J connectivity index is 0.00000225. The van der Waals surface area contributed by atoms with E-state index in [0.29, 0.717) is 25.2 Å². The lowest BCUT2D eigenvalue weighted by atomic mass is 10.1. The van der Waals surface area contributed by atoms with Gasteiger partial charge in [0.1, 0.15) is 4.90 Å². The number of hydrogen-bond acceptors (Lipinski definition) is 4. The SMILES string of the molecule is Cc1ccc(Cl)c(S(=O)(=O)N2CCNCC2c2cccnc2)c1Cl.Cl. The molecule has 0 aliphatic carbocycles. The molecule has 1 aliphatic heterocycles. The van der Waals surface area contributed by atoms with E-state index in [4.69, 9.17) is 23.2 Å². The van der Waals surface area contributed by atoms with Gasteiger partial charge >= 0.3 is 0 Å². The van der Waals surface area contributed by atoms with Crippen LogP contribution in [-0.2, 0) is 10.0 Å². The molecule has 1 N–H and O–H groups in total. The number of benzene rings is 1. The Morgan fingerprint density at radius 2 is 2.04 bits per heavy atom. The first-order valence-electron chi connectivity index (χ1n) is 7.50. The predicted molar refractivity (Wildman–Crippen MR) is 102 cm³/mol. The van der Waals surface area contributed by atoms with Crippen molar-refractivity contribution in [2.75, 3.05) is 19.6 Å². The zero-order valence-corrected chi connectivity index (χ0v) is 16.6. The second-order valence-corrected chi connectivity index (χ2v) is 8.24. The highest BCUT2D eigenvalue weighted by molar-refractivity contribution is 7.89. The van der Waals surface area contributed by atoms with Gasteiger partial charge in [-0.2, -0.15) is 4.31 Å². The van der Waals surface area contributed by atoms with Crippen molar-refractivity contribution < 1.29 is 8.42 Å². The standard InChI is InChI=1S/C16H17Cl2N3O2S.ClH/c1-11-4-5-13(17)16(15(11)18)24(22,23)21-8-7-20-10-14(21)12-3-2-6-19-9-12;/h2-6,9,14,20H,7-8,10H2,1H3;1H. The minimum atomic E-state index is -3.84.